The fraction of sp³-hybridized carbons (Fsp3) is 0.840. The van der Waals surface area contributed by atoms with Crippen molar-refractivity contribution in [2.24, 2.45) is 28.6 Å². The molecule has 0 amide bonds. The van der Waals surface area contributed by atoms with E-state index in [0.29, 0.717) is 12.8 Å². The predicted octanol–water partition coefficient (Wildman–Crippen LogP) is 5.24. The number of carbonyl (C=O) groups is 2. The SMILES string of the molecule is CCCC1OC2(C[C@@]3(C)C(=CC2=O)[C@@H](F)C[C@H]2[C@@H]4CC[C@H](C(C)=O)[C@@]4(C)CC[C@@]23F)O1. The summed E-state index contributed by atoms with van der Waals surface area (Å²) in [6.07, 6.45) is 3.51. The molecule has 0 aromatic heterocycles. The number of hydrogen-bond donors (Lipinski definition) is 0. The smallest absolute Gasteiger partial charge is 0.238 e. The highest BCUT2D eigenvalue weighted by atomic mass is 19.1. The number of ketones is 2. The molecule has 0 radical (unpaired) electrons. The fourth-order valence-electron chi connectivity index (χ4n) is 8.17. The van der Waals surface area contributed by atoms with Crippen molar-refractivity contribution in [3.8, 4) is 0 Å². The average molecular weight is 437 g/mol. The molecule has 1 heterocycles. The van der Waals surface area contributed by atoms with Gasteiger partial charge in [0, 0.05) is 23.7 Å². The average Bonchev–Trinajstić information content (AvgIpc) is 3.02. The van der Waals surface area contributed by atoms with Crippen LogP contribution in [0, 0.1) is 28.6 Å². The highest BCUT2D eigenvalue weighted by molar-refractivity contribution is 5.98. The van der Waals surface area contributed by atoms with E-state index in [4.69, 9.17) is 9.47 Å². The summed E-state index contributed by atoms with van der Waals surface area (Å²) >= 11 is 0. The van der Waals surface area contributed by atoms with E-state index in [-0.39, 0.29) is 47.9 Å². The maximum Gasteiger partial charge on any atom is 0.238 e. The van der Waals surface area contributed by atoms with Gasteiger partial charge in [0.25, 0.3) is 0 Å². The van der Waals surface area contributed by atoms with Gasteiger partial charge in [-0.2, -0.15) is 0 Å². The summed E-state index contributed by atoms with van der Waals surface area (Å²) in [5, 5.41) is 0. The van der Waals surface area contributed by atoms with Gasteiger partial charge in [-0.05, 0) is 68.4 Å². The summed E-state index contributed by atoms with van der Waals surface area (Å²) in [6.45, 7) is 7.51. The highest BCUT2D eigenvalue weighted by Crippen LogP contribution is 2.71. The molecule has 0 N–H and O–H groups in total. The van der Waals surface area contributed by atoms with Crippen molar-refractivity contribution in [3.63, 3.8) is 0 Å². The quantitative estimate of drug-likeness (QED) is 0.607. The number of Topliss-reactive ketones (excluding diaryl/α,β-unsaturated/α-hetero) is 1. The molecule has 0 unspecified atom stereocenters. The molecule has 0 aromatic rings. The fourth-order valence-corrected chi connectivity index (χ4v) is 8.17. The Hall–Kier alpha value is -1.14. The summed E-state index contributed by atoms with van der Waals surface area (Å²) < 4.78 is 44.6. The van der Waals surface area contributed by atoms with E-state index in [1.54, 1.807) is 13.8 Å². The molecule has 7 atom stereocenters. The topological polar surface area (TPSA) is 52.6 Å². The lowest BCUT2D eigenvalue weighted by atomic mass is 9.44. The maximum atomic E-state index is 17.2. The van der Waals surface area contributed by atoms with Crippen molar-refractivity contribution in [2.75, 3.05) is 0 Å². The van der Waals surface area contributed by atoms with Gasteiger partial charge in [0.05, 0.1) is 0 Å². The summed E-state index contributed by atoms with van der Waals surface area (Å²) in [4.78, 5) is 25.2. The third kappa shape index (κ3) is 2.64. The molecule has 4 fully saturated rings. The second-order valence-corrected chi connectivity index (χ2v) is 11.2. The Bertz CT molecular complexity index is 848. The lowest BCUT2D eigenvalue weighted by Crippen LogP contribution is -2.69. The van der Waals surface area contributed by atoms with E-state index >= 15 is 8.78 Å². The largest absolute Gasteiger partial charge is 0.313 e. The number of halogens is 2. The van der Waals surface area contributed by atoms with Crippen LogP contribution in [-0.2, 0) is 19.1 Å². The first-order valence-electron chi connectivity index (χ1n) is 12.0. The Morgan fingerprint density at radius 2 is 1.90 bits per heavy atom. The van der Waals surface area contributed by atoms with Crippen LogP contribution in [0.15, 0.2) is 11.6 Å². The molecular weight excluding hydrogens is 402 g/mol. The number of allylic oxidation sites excluding steroid dienone is 1. The van der Waals surface area contributed by atoms with Gasteiger partial charge < -0.3 is 9.47 Å². The maximum absolute atomic E-state index is 17.2. The van der Waals surface area contributed by atoms with Crippen LogP contribution >= 0.6 is 0 Å². The lowest BCUT2D eigenvalue weighted by molar-refractivity contribution is -0.439. The minimum absolute atomic E-state index is 0.0257. The Labute approximate surface area is 183 Å². The Morgan fingerprint density at radius 3 is 2.55 bits per heavy atom. The van der Waals surface area contributed by atoms with Gasteiger partial charge in [-0.25, -0.2) is 8.78 Å². The van der Waals surface area contributed by atoms with Gasteiger partial charge in [0.2, 0.25) is 11.6 Å². The standard InChI is InChI=1S/C25H34F2O4/c1-5-6-21-30-25(31-21)13-23(4)18(12-20(25)29)19(26)11-17-16-8-7-15(14(2)28)22(16,3)9-10-24(17,23)27/h12,15-17,19,21H,5-11,13H2,1-4H3/t15-,16+,17+,19+,21?,22-,23+,24-,25?/m1/s1. The van der Waals surface area contributed by atoms with E-state index in [9.17, 15) is 9.59 Å². The molecule has 3 saturated carbocycles. The molecule has 31 heavy (non-hydrogen) atoms. The zero-order valence-electron chi connectivity index (χ0n) is 19.0. The summed E-state index contributed by atoms with van der Waals surface area (Å²) in [7, 11) is 0. The van der Waals surface area contributed by atoms with E-state index in [2.05, 4.69) is 6.92 Å². The van der Waals surface area contributed by atoms with Gasteiger partial charge in [0.15, 0.2) is 6.29 Å². The first-order valence-corrected chi connectivity index (χ1v) is 12.0. The van der Waals surface area contributed by atoms with Gasteiger partial charge in [-0.3, -0.25) is 9.59 Å². The molecule has 0 aromatic carbocycles. The molecule has 5 rings (SSSR count). The van der Waals surface area contributed by atoms with E-state index < -0.39 is 41.0 Å². The zero-order valence-corrected chi connectivity index (χ0v) is 19.0. The van der Waals surface area contributed by atoms with Crippen molar-refractivity contribution in [1.82, 2.24) is 0 Å². The normalized spacial score (nSPS) is 53.3. The minimum atomic E-state index is -1.65. The van der Waals surface area contributed by atoms with Gasteiger partial charge in [-0.1, -0.05) is 27.2 Å². The van der Waals surface area contributed by atoms with Crippen molar-refractivity contribution in [2.45, 2.75) is 103 Å². The molecule has 0 bridgehead atoms. The second-order valence-electron chi connectivity index (χ2n) is 11.2. The van der Waals surface area contributed by atoms with Crippen LogP contribution in [-0.4, -0.2) is 35.5 Å². The third-order valence-corrected chi connectivity index (χ3v) is 9.77. The Kier molecular flexibility index (Phi) is 4.68. The minimum Gasteiger partial charge on any atom is -0.313 e. The molecule has 1 spiro atoms. The number of alkyl halides is 2. The van der Waals surface area contributed by atoms with Gasteiger partial charge in [0.1, 0.15) is 17.6 Å². The molecule has 1 aliphatic heterocycles. The first kappa shape index (κ1) is 21.7. The number of ether oxygens (including phenoxy) is 2. The van der Waals surface area contributed by atoms with E-state index in [1.165, 1.54) is 6.08 Å². The van der Waals surface area contributed by atoms with Gasteiger partial charge in [-0.15, -0.1) is 0 Å². The molecule has 1 saturated heterocycles. The molecule has 4 nitrogen and oxygen atoms in total. The predicted molar refractivity (Wildman–Crippen MR) is 110 cm³/mol. The number of carbonyl (C=O) groups excluding carboxylic acids is 2. The zero-order chi connectivity index (χ0) is 22.4. The van der Waals surface area contributed by atoms with Crippen LogP contribution in [0.4, 0.5) is 8.78 Å². The van der Waals surface area contributed by atoms with Crippen LogP contribution in [0.2, 0.25) is 0 Å². The van der Waals surface area contributed by atoms with Crippen molar-refractivity contribution >= 4 is 11.6 Å². The molecule has 6 heteroatoms. The second kappa shape index (κ2) is 6.69. The molecule has 5 aliphatic rings. The first-order chi connectivity index (χ1) is 14.5. The lowest BCUT2D eigenvalue weighted by Gasteiger charge is -2.64. The van der Waals surface area contributed by atoms with E-state index in [1.807, 2.05) is 6.92 Å². The van der Waals surface area contributed by atoms with Gasteiger partial charge >= 0.3 is 0 Å². The van der Waals surface area contributed by atoms with Crippen LogP contribution in [0.25, 0.3) is 0 Å². The van der Waals surface area contributed by atoms with Crippen LogP contribution < -0.4 is 0 Å². The van der Waals surface area contributed by atoms with Crippen LogP contribution in [0.5, 0.6) is 0 Å². The molecule has 4 aliphatic carbocycles. The van der Waals surface area contributed by atoms with Crippen molar-refractivity contribution < 1.29 is 27.8 Å². The third-order valence-electron chi connectivity index (χ3n) is 9.77. The number of hydrogen-bond acceptors (Lipinski definition) is 4. The van der Waals surface area contributed by atoms with Crippen LogP contribution in [0.3, 0.4) is 0 Å². The Balaban J connectivity index is 1.52. The Morgan fingerprint density at radius 1 is 1.19 bits per heavy atom. The number of rotatable bonds is 3. The summed E-state index contributed by atoms with van der Waals surface area (Å²) in [5.41, 5.74) is -2.80. The number of fused-ring (bicyclic) bond motifs is 5. The van der Waals surface area contributed by atoms with Crippen molar-refractivity contribution in [1.29, 1.82) is 0 Å². The molecular formula is C25H34F2O4. The van der Waals surface area contributed by atoms with E-state index in [0.717, 1.165) is 19.3 Å². The van der Waals surface area contributed by atoms with Crippen molar-refractivity contribution in [3.05, 3.63) is 11.6 Å². The molecule has 172 valence electrons. The monoisotopic (exact) mass is 436 g/mol. The summed E-state index contributed by atoms with van der Waals surface area (Å²) in [6, 6.07) is 0. The summed E-state index contributed by atoms with van der Waals surface area (Å²) in [5.74, 6) is -2.27. The highest BCUT2D eigenvalue weighted by Gasteiger charge is 2.73. The van der Waals surface area contributed by atoms with Crippen LogP contribution in [0.1, 0.15) is 79.1 Å².